The molecule has 0 atom stereocenters. The topological polar surface area (TPSA) is 3.24 Å². The summed E-state index contributed by atoms with van der Waals surface area (Å²) in [7, 11) is 0. The van der Waals surface area contributed by atoms with Crippen molar-refractivity contribution in [3.05, 3.63) is 6.54 Å². The predicted molar refractivity (Wildman–Crippen MR) is 24.0 cm³/mol. The molecule has 0 aliphatic carbocycles. The Hall–Kier alpha value is -0.0400. The average Bonchev–Trinajstić information content (AvgIpc) is 1.72. The van der Waals surface area contributed by atoms with Crippen molar-refractivity contribution in [1.82, 2.24) is 4.90 Å². The molecule has 0 aromatic rings. The number of fused-ring (bicyclic) bond motifs is 1. The highest BCUT2D eigenvalue weighted by Crippen LogP contribution is 2.30. The maximum Gasteiger partial charge on any atom is 0.0255 e. The van der Waals surface area contributed by atoms with Gasteiger partial charge in [0.05, 0.1) is 0 Å². The Bertz CT molecular complexity index is 50.8. The van der Waals surface area contributed by atoms with Crippen LogP contribution in [0.3, 0.4) is 0 Å². The standard InChI is InChI=1S/C5H8N/c1-2-6-3-5(1)4-6/h2,5H,1,3-4H2. The van der Waals surface area contributed by atoms with Gasteiger partial charge >= 0.3 is 0 Å². The zero-order chi connectivity index (χ0) is 3.98. The van der Waals surface area contributed by atoms with Gasteiger partial charge in [0.25, 0.3) is 0 Å². The van der Waals surface area contributed by atoms with E-state index in [0.717, 1.165) is 5.92 Å². The predicted octanol–water partition coefficient (Wildman–Crippen LogP) is 0.484. The molecule has 33 valence electrons. The van der Waals surface area contributed by atoms with Crippen molar-refractivity contribution in [3.8, 4) is 0 Å². The highest BCUT2D eigenvalue weighted by Gasteiger charge is 2.33. The average molecular weight is 82.1 g/mol. The van der Waals surface area contributed by atoms with Crippen LogP contribution in [-0.2, 0) is 0 Å². The fraction of sp³-hybridized carbons (Fsp3) is 0.800. The van der Waals surface area contributed by atoms with Crippen LogP contribution in [0.4, 0.5) is 0 Å². The molecule has 0 aromatic heterocycles. The van der Waals surface area contributed by atoms with E-state index in [0.29, 0.717) is 0 Å². The summed E-state index contributed by atoms with van der Waals surface area (Å²) < 4.78 is 0. The van der Waals surface area contributed by atoms with Crippen LogP contribution >= 0.6 is 0 Å². The molecule has 0 spiro atoms. The van der Waals surface area contributed by atoms with E-state index in [1.165, 1.54) is 19.5 Å². The van der Waals surface area contributed by atoms with Gasteiger partial charge in [0.15, 0.2) is 0 Å². The van der Waals surface area contributed by atoms with Gasteiger partial charge in [0.2, 0.25) is 0 Å². The summed E-state index contributed by atoms with van der Waals surface area (Å²) >= 11 is 0. The summed E-state index contributed by atoms with van der Waals surface area (Å²) in [5.74, 6) is 1.06. The third-order valence-electron chi connectivity index (χ3n) is 1.68. The van der Waals surface area contributed by atoms with E-state index in [4.69, 9.17) is 0 Å². The summed E-state index contributed by atoms with van der Waals surface area (Å²) in [5.41, 5.74) is 0. The Kier molecular flexibility index (Phi) is 0.396. The van der Waals surface area contributed by atoms with E-state index in [-0.39, 0.29) is 0 Å². The Morgan fingerprint density at radius 2 is 2.33 bits per heavy atom. The molecule has 3 aliphatic heterocycles. The summed E-state index contributed by atoms with van der Waals surface area (Å²) in [5, 5.41) is 0. The minimum absolute atomic E-state index is 1.06. The quantitative estimate of drug-likeness (QED) is 0.411. The maximum absolute atomic E-state index is 2.38. The molecule has 1 radical (unpaired) electrons. The van der Waals surface area contributed by atoms with Crippen LogP contribution in [0.5, 0.6) is 0 Å². The van der Waals surface area contributed by atoms with E-state index >= 15 is 0 Å². The normalized spacial score (nSPS) is 52.0. The molecule has 0 N–H and O–H groups in total. The maximum atomic E-state index is 2.38. The van der Waals surface area contributed by atoms with Gasteiger partial charge in [-0.3, -0.25) is 4.90 Å². The van der Waals surface area contributed by atoms with E-state index in [1.807, 2.05) is 0 Å². The summed E-state index contributed by atoms with van der Waals surface area (Å²) in [4.78, 5) is 2.38. The monoisotopic (exact) mass is 82.1 g/mol. The molecule has 1 nitrogen and oxygen atoms in total. The van der Waals surface area contributed by atoms with Gasteiger partial charge in [-0.1, -0.05) is 0 Å². The van der Waals surface area contributed by atoms with E-state index < -0.39 is 0 Å². The molecule has 3 rings (SSSR count). The lowest BCUT2D eigenvalue weighted by molar-refractivity contribution is 0.229. The zero-order valence-corrected chi connectivity index (χ0v) is 3.72. The zero-order valence-electron chi connectivity index (χ0n) is 3.72. The first-order valence-corrected chi connectivity index (χ1v) is 2.52. The van der Waals surface area contributed by atoms with Crippen molar-refractivity contribution in [2.24, 2.45) is 5.92 Å². The van der Waals surface area contributed by atoms with Crippen molar-refractivity contribution in [2.45, 2.75) is 6.42 Å². The van der Waals surface area contributed by atoms with Crippen molar-refractivity contribution in [1.29, 1.82) is 0 Å². The third-order valence-corrected chi connectivity index (χ3v) is 1.68. The van der Waals surface area contributed by atoms with E-state index in [2.05, 4.69) is 11.4 Å². The van der Waals surface area contributed by atoms with E-state index in [9.17, 15) is 0 Å². The first-order chi connectivity index (χ1) is 2.95. The van der Waals surface area contributed by atoms with Crippen molar-refractivity contribution in [2.75, 3.05) is 13.1 Å². The Labute approximate surface area is 37.9 Å². The van der Waals surface area contributed by atoms with Crippen LogP contribution in [0.1, 0.15) is 6.42 Å². The van der Waals surface area contributed by atoms with Crippen LogP contribution in [0.2, 0.25) is 0 Å². The third kappa shape index (κ3) is 0.207. The number of hydrogen-bond donors (Lipinski definition) is 0. The minimum Gasteiger partial charge on any atom is -0.298 e. The molecule has 0 unspecified atom stereocenters. The molecule has 0 saturated carbocycles. The summed E-state index contributed by atoms with van der Waals surface area (Å²) in [6, 6.07) is 0. The fourth-order valence-electron chi connectivity index (χ4n) is 1.21. The molecule has 6 heavy (non-hydrogen) atoms. The molecule has 1 heteroatoms. The number of nitrogens with zero attached hydrogens (tertiary/aromatic N) is 1. The largest absolute Gasteiger partial charge is 0.298 e. The highest BCUT2D eigenvalue weighted by atomic mass is 15.2. The van der Waals surface area contributed by atoms with Gasteiger partial charge in [-0.25, -0.2) is 0 Å². The van der Waals surface area contributed by atoms with Gasteiger partial charge in [-0.15, -0.1) is 0 Å². The van der Waals surface area contributed by atoms with Crippen LogP contribution in [0.25, 0.3) is 0 Å². The molecule has 3 aliphatic rings. The lowest BCUT2D eigenvalue weighted by Gasteiger charge is -2.25. The smallest absolute Gasteiger partial charge is 0.0255 e. The Morgan fingerprint density at radius 1 is 1.50 bits per heavy atom. The van der Waals surface area contributed by atoms with Crippen LogP contribution < -0.4 is 0 Å². The van der Waals surface area contributed by atoms with Gasteiger partial charge in [-0.05, 0) is 12.3 Å². The molecule has 3 fully saturated rings. The second kappa shape index (κ2) is 0.784. The van der Waals surface area contributed by atoms with Crippen LogP contribution in [0.15, 0.2) is 0 Å². The van der Waals surface area contributed by atoms with Gasteiger partial charge in [0, 0.05) is 19.6 Å². The van der Waals surface area contributed by atoms with Gasteiger partial charge < -0.3 is 0 Å². The first kappa shape index (κ1) is 3.03. The fourth-order valence-corrected chi connectivity index (χ4v) is 1.21. The lowest BCUT2D eigenvalue weighted by Crippen LogP contribution is -2.34. The van der Waals surface area contributed by atoms with Crippen molar-refractivity contribution < 1.29 is 0 Å². The molecule has 3 heterocycles. The molecular formula is C5H8N. The van der Waals surface area contributed by atoms with Crippen LogP contribution in [-0.4, -0.2) is 18.0 Å². The molecule has 0 amide bonds. The Morgan fingerprint density at radius 3 is 2.50 bits per heavy atom. The van der Waals surface area contributed by atoms with Gasteiger partial charge in [0.1, 0.15) is 0 Å². The van der Waals surface area contributed by atoms with Gasteiger partial charge in [-0.2, -0.15) is 0 Å². The molecule has 3 saturated heterocycles. The molecule has 0 aromatic carbocycles. The van der Waals surface area contributed by atoms with Crippen LogP contribution in [0, 0.1) is 12.5 Å². The first-order valence-electron chi connectivity index (χ1n) is 2.52. The van der Waals surface area contributed by atoms with Crippen molar-refractivity contribution in [3.63, 3.8) is 0 Å². The SMILES string of the molecule is [CH]1CC2CN1C2. The summed E-state index contributed by atoms with van der Waals surface area (Å²) in [6.45, 7) is 5.03. The molecular weight excluding hydrogens is 74.1 g/mol. The second-order valence-corrected chi connectivity index (χ2v) is 2.24. The van der Waals surface area contributed by atoms with Crippen molar-refractivity contribution >= 4 is 0 Å². The van der Waals surface area contributed by atoms with E-state index in [1.54, 1.807) is 0 Å². The number of rotatable bonds is 0. The molecule has 2 bridgehead atoms. The summed E-state index contributed by atoms with van der Waals surface area (Å²) in [6.07, 6.45) is 1.36. The second-order valence-electron chi connectivity index (χ2n) is 2.24. The number of hydrogen-bond acceptors (Lipinski definition) is 1. The minimum atomic E-state index is 1.06. The lowest BCUT2D eigenvalue weighted by atomic mass is 10.1. The highest BCUT2D eigenvalue weighted by molar-refractivity contribution is 4.95. The Balaban J connectivity index is 2.16.